The van der Waals surface area contributed by atoms with Crippen LogP contribution in [0.2, 0.25) is 10.2 Å². The number of nitrogens with one attached hydrogen (secondary N) is 1. The van der Waals surface area contributed by atoms with Gasteiger partial charge in [0.2, 0.25) is 5.95 Å². The Labute approximate surface area is 194 Å². The van der Waals surface area contributed by atoms with E-state index in [0.717, 1.165) is 10.9 Å². The Kier molecular flexibility index (Phi) is 5.94. The number of alkyl halides is 1. The first kappa shape index (κ1) is 21.8. The summed E-state index contributed by atoms with van der Waals surface area (Å²) in [7, 11) is 1.74. The van der Waals surface area contributed by atoms with Crippen LogP contribution in [0.1, 0.15) is 17.9 Å². The fraction of sp³-hybridized carbons (Fsp3) is 0.476. The average Bonchev–Trinajstić information content (AvgIpc) is 3.34. The van der Waals surface area contributed by atoms with Crippen LogP contribution in [-0.4, -0.2) is 74.4 Å². The van der Waals surface area contributed by atoms with Crippen molar-refractivity contribution in [2.24, 2.45) is 7.05 Å². The fourth-order valence-corrected chi connectivity index (χ4v) is 4.95. The maximum Gasteiger partial charge on any atom is 0.227 e. The van der Waals surface area contributed by atoms with Crippen LogP contribution < -0.4 is 5.32 Å². The fourth-order valence-electron chi connectivity index (χ4n) is 4.50. The zero-order valence-electron chi connectivity index (χ0n) is 17.4. The minimum absolute atomic E-state index is 0.151. The highest BCUT2D eigenvalue weighted by Gasteiger charge is 2.39. The smallest absolute Gasteiger partial charge is 0.227 e. The molecule has 2 fully saturated rings. The summed E-state index contributed by atoms with van der Waals surface area (Å²) in [4.78, 5) is 10.9. The summed E-state index contributed by atoms with van der Waals surface area (Å²) < 4.78 is 22.1. The topological polar surface area (TPSA) is 88.3 Å². The van der Waals surface area contributed by atoms with Crippen molar-refractivity contribution in [2.45, 2.75) is 30.7 Å². The Morgan fingerprint density at radius 1 is 1.25 bits per heavy atom. The molecule has 4 heterocycles. The van der Waals surface area contributed by atoms with Crippen LogP contribution in [0.5, 0.6) is 0 Å². The number of ether oxygens (including phenoxy) is 1. The lowest BCUT2D eigenvalue weighted by atomic mass is 9.86. The molecule has 0 saturated carbocycles. The van der Waals surface area contributed by atoms with Crippen LogP contribution in [0.25, 0.3) is 10.9 Å². The van der Waals surface area contributed by atoms with Crippen molar-refractivity contribution in [2.75, 3.05) is 31.6 Å². The number of hydrogen-bond acceptors (Lipinski definition) is 7. The number of nitrogens with zero attached hydrogens (tertiary/aromatic N) is 5. The van der Waals surface area contributed by atoms with Gasteiger partial charge in [0.05, 0.1) is 42.8 Å². The summed E-state index contributed by atoms with van der Waals surface area (Å²) >= 11 is 12.7. The number of halogens is 3. The van der Waals surface area contributed by atoms with Crippen LogP contribution in [0.4, 0.5) is 16.0 Å². The second-order valence-electron chi connectivity index (χ2n) is 8.30. The summed E-state index contributed by atoms with van der Waals surface area (Å²) in [6.45, 7) is 1.64. The molecular weight excluding hydrogens is 458 g/mol. The van der Waals surface area contributed by atoms with E-state index < -0.39 is 12.3 Å². The van der Waals surface area contributed by atoms with Gasteiger partial charge in [0.15, 0.2) is 0 Å². The molecule has 2 aromatic heterocycles. The van der Waals surface area contributed by atoms with Gasteiger partial charge in [-0.1, -0.05) is 23.2 Å². The number of aromatic nitrogens is 4. The number of aryl methyl sites for hydroxylation is 1. The average molecular weight is 481 g/mol. The van der Waals surface area contributed by atoms with Crippen LogP contribution in [0, 0.1) is 0 Å². The molecule has 4 atom stereocenters. The molecule has 2 saturated heterocycles. The zero-order chi connectivity index (χ0) is 22.4. The molecule has 0 aliphatic carbocycles. The van der Waals surface area contributed by atoms with Crippen molar-refractivity contribution in [1.82, 2.24) is 24.6 Å². The number of likely N-dealkylation sites (tertiary alicyclic amines) is 1. The Balaban J connectivity index is 1.39. The molecule has 0 bridgehead atoms. The van der Waals surface area contributed by atoms with Crippen LogP contribution in [-0.2, 0) is 11.8 Å². The van der Waals surface area contributed by atoms with E-state index >= 15 is 4.39 Å². The van der Waals surface area contributed by atoms with Crippen molar-refractivity contribution in [3.63, 3.8) is 0 Å². The van der Waals surface area contributed by atoms with Gasteiger partial charge in [-0.05, 0) is 30.7 Å². The van der Waals surface area contributed by atoms with E-state index in [-0.39, 0.29) is 18.5 Å². The van der Waals surface area contributed by atoms with Gasteiger partial charge in [-0.2, -0.15) is 5.10 Å². The predicted octanol–water partition coefficient (Wildman–Crippen LogP) is 3.30. The molecule has 4 unspecified atom stereocenters. The maximum atomic E-state index is 15.3. The van der Waals surface area contributed by atoms with Crippen LogP contribution >= 0.6 is 23.2 Å². The Bertz CT molecular complexity index is 1140. The summed E-state index contributed by atoms with van der Waals surface area (Å²) in [5.41, 5.74) is 1.99. The van der Waals surface area contributed by atoms with Crippen molar-refractivity contribution >= 4 is 45.7 Å². The number of rotatable bonds is 4. The minimum Gasteiger partial charge on any atom is -0.389 e. The number of hydrogen-bond donors (Lipinski definition) is 2. The van der Waals surface area contributed by atoms with Gasteiger partial charge in [-0.25, -0.2) is 14.4 Å². The number of piperidine rings is 1. The van der Waals surface area contributed by atoms with Crippen LogP contribution in [0.15, 0.2) is 24.5 Å². The van der Waals surface area contributed by atoms with Gasteiger partial charge >= 0.3 is 0 Å². The SMILES string of the molecule is Cn1ncc(Nc2ncc3cc(Cl)c(C4CCN(C5COCC5O)CC4F)cc3n2)c1Cl. The molecule has 170 valence electrons. The highest BCUT2D eigenvalue weighted by molar-refractivity contribution is 6.32. The second kappa shape index (κ2) is 8.72. The lowest BCUT2D eigenvalue weighted by Crippen LogP contribution is -2.50. The van der Waals surface area contributed by atoms with Gasteiger partial charge in [0.25, 0.3) is 0 Å². The summed E-state index contributed by atoms with van der Waals surface area (Å²) in [6, 6.07) is 3.47. The van der Waals surface area contributed by atoms with Crippen LogP contribution in [0.3, 0.4) is 0 Å². The second-order valence-corrected chi connectivity index (χ2v) is 9.07. The summed E-state index contributed by atoms with van der Waals surface area (Å²) in [6.07, 6.45) is 2.18. The van der Waals surface area contributed by atoms with E-state index in [4.69, 9.17) is 27.9 Å². The molecule has 5 rings (SSSR count). The van der Waals surface area contributed by atoms with E-state index in [1.54, 1.807) is 25.5 Å². The lowest BCUT2D eigenvalue weighted by molar-refractivity contribution is 0.0353. The number of benzene rings is 1. The number of fused-ring (bicyclic) bond motifs is 1. The van der Waals surface area contributed by atoms with Gasteiger partial charge in [0.1, 0.15) is 11.3 Å². The van der Waals surface area contributed by atoms with Gasteiger partial charge < -0.3 is 15.2 Å². The predicted molar refractivity (Wildman–Crippen MR) is 120 cm³/mol. The standard InChI is InChI=1S/C21H23Cl2FN6O2/c1-29-20(23)17(7-26-29)28-21-25-6-11-4-14(22)13(5-16(11)27-21)12-2-3-30(8-15(12)24)18-9-32-10-19(18)31/h4-7,12,15,18-19,31H,2-3,8-10H2,1H3,(H,25,27,28). The maximum absolute atomic E-state index is 15.3. The molecule has 8 nitrogen and oxygen atoms in total. The Hall–Kier alpha value is -2.04. The Morgan fingerprint density at radius 3 is 2.78 bits per heavy atom. The highest BCUT2D eigenvalue weighted by atomic mass is 35.5. The molecular formula is C21H23Cl2FN6O2. The number of anilines is 2. The third-order valence-electron chi connectivity index (χ3n) is 6.27. The van der Waals surface area contributed by atoms with Crippen molar-refractivity contribution in [3.8, 4) is 0 Å². The summed E-state index contributed by atoms with van der Waals surface area (Å²) in [5, 5.41) is 18.9. The zero-order valence-corrected chi connectivity index (χ0v) is 18.9. The monoisotopic (exact) mass is 480 g/mol. The van der Waals surface area contributed by atoms with Crippen molar-refractivity contribution < 1.29 is 14.2 Å². The molecule has 0 radical (unpaired) electrons. The molecule has 2 aliphatic heterocycles. The molecule has 2 aliphatic rings. The van der Waals surface area contributed by atoms with Gasteiger partial charge in [0, 0.05) is 36.1 Å². The normalized spacial score (nSPS) is 26.7. The lowest BCUT2D eigenvalue weighted by Gasteiger charge is -2.39. The van der Waals surface area contributed by atoms with E-state index in [9.17, 15) is 5.11 Å². The molecule has 2 N–H and O–H groups in total. The molecule has 3 aromatic rings. The largest absolute Gasteiger partial charge is 0.389 e. The van der Waals surface area contributed by atoms with Crippen molar-refractivity contribution in [1.29, 1.82) is 0 Å². The van der Waals surface area contributed by atoms with E-state index in [0.29, 0.717) is 53.5 Å². The first-order valence-electron chi connectivity index (χ1n) is 10.5. The quantitative estimate of drug-likeness (QED) is 0.591. The molecule has 0 spiro atoms. The Morgan fingerprint density at radius 2 is 2.09 bits per heavy atom. The first-order valence-corrected chi connectivity index (χ1v) is 11.2. The van der Waals surface area contributed by atoms with E-state index in [1.165, 1.54) is 4.68 Å². The number of aliphatic hydroxyl groups excluding tert-OH is 1. The molecule has 1 aromatic carbocycles. The highest BCUT2D eigenvalue weighted by Crippen LogP contribution is 2.38. The first-order chi connectivity index (χ1) is 15.4. The van der Waals surface area contributed by atoms with Crippen molar-refractivity contribution in [3.05, 3.63) is 40.3 Å². The van der Waals surface area contributed by atoms with E-state index in [1.807, 2.05) is 11.0 Å². The minimum atomic E-state index is -1.11. The third-order valence-corrected chi connectivity index (χ3v) is 7.05. The molecule has 32 heavy (non-hydrogen) atoms. The molecule has 0 amide bonds. The number of aliphatic hydroxyl groups is 1. The third kappa shape index (κ3) is 4.04. The van der Waals surface area contributed by atoms with E-state index in [2.05, 4.69) is 20.4 Å². The summed E-state index contributed by atoms with van der Waals surface area (Å²) in [5.74, 6) is 0.0178. The van der Waals surface area contributed by atoms with Gasteiger partial charge in [-0.3, -0.25) is 9.58 Å². The van der Waals surface area contributed by atoms with Gasteiger partial charge in [-0.15, -0.1) is 0 Å². The molecule has 11 heteroatoms.